The van der Waals surface area contributed by atoms with Crippen LogP contribution in [0.3, 0.4) is 0 Å². The molecule has 1 aliphatic rings. The fraction of sp³-hybridized carbons (Fsp3) is 0.316. The van der Waals surface area contributed by atoms with Gasteiger partial charge in [-0.2, -0.15) is 0 Å². The third-order valence-electron chi connectivity index (χ3n) is 4.17. The summed E-state index contributed by atoms with van der Waals surface area (Å²) in [5.74, 6) is 0.627. The average molecular weight is 465 g/mol. The van der Waals surface area contributed by atoms with Crippen LogP contribution in [0.2, 0.25) is 0 Å². The predicted octanol–water partition coefficient (Wildman–Crippen LogP) is 2.47. The second kappa shape index (κ2) is 10.1. The first-order chi connectivity index (χ1) is 12.2. The third kappa shape index (κ3) is 5.69. The molecule has 2 heterocycles. The molecule has 1 aliphatic heterocycles. The van der Waals surface area contributed by atoms with Gasteiger partial charge in [-0.05, 0) is 36.2 Å². The molecule has 3 rings (SSSR count). The van der Waals surface area contributed by atoms with Crippen LogP contribution in [0.1, 0.15) is 24.1 Å². The summed E-state index contributed by atoms with van der Waals surface area (Å²) in [5.41, 5.74) is 8.94. The van der Waals surface area contributed by atoms with Gasteiger partial charge in [0.15, 0.2) is 5.96 Å². The quantitative estimate of drug-likeness (QED) is 0.390. The molecule has 0 bridgehead atoms. The number of guanidine groups is 1. The van der Waals surface area contributed by atoms with E-state index in [2.05, 4.69) is 15.3 Å². The molecule has 6 nitrogen and oxygen atoms in total. The van der Waals surface area contributed by atoms with Gasteiger partial charge in [0.05, 0.1) is 6.54 Å². The number of aliphatic imine (C=N–C) groups is 1. The highest BCUT2D eigenvalue weighted by atomic mass is 127. The maximum absolute atomic E-state index is 11.8. The lowest BCUT2D eigenvalue weighted by molar-refractivity contribution is -0.117. The van der Waals surface area contributed by atoms with Crippen LogP contribution < -0.4 is 16.0 Å². The molecule has 0 atom stereocenters. The van der Waals surface area contributed by atoms with Crippen LogP contribution in [0.4, 0.5) is 5.69 Å². The highest BCUT2D eigenvalue weighted by molar-refractivity contribution is 14.0. The maximum Gasteiger partial charge on any atom is 0.227 e. The van der Waals surface area contributed by atoms with E-state index in [1.54, 1.807) is 6.20 Å². The van der Waals surface area contributed by atoms with E-state index < -0.39 is 0 Å². The van der Waals surface area contributed by atoms with Gasteiger partial charge in [-0.25, -0.2) is 4.99 Å². The molecule has 0 spiro atoms. The fourth-order valence-electron chi connectivity index (χ4n) is 2.80. The first-order valence-corrected chi connectivity index (χ1v) is 8.55. The van der Waals surface area contributed by atoms with Crippen molar-refractivity contribution in [1.82, 2.24) is 10.3 Å². The van der Waals surface area contributed by atoms with Gasteiger partial charge in [-0.3, -0.25) is 9.78 Å². The van der Waals surface area contributed by atoms with Crippen molar-refractivity contribution in [3.8, 4) is 0 Å². The van der Waals surface area contributed by atoms with Crippen LogP contribution in [0.5, 0.6) is 0 Å². The molecule has 2 aromatic rings. The summed E-state index contributed by atoms with van der Waals surface area (Å²) in [7, 11) is 0. The highest BCUT2D eigenvalue weighted by Gasteiger charge is 2.21. The van der Waals surface area contributed by atoms with Crippen molar-refractivity contribution in [3.63, 3.8) is 0 Å². The van der Waals surface area contributed by atoms with Crippen LogP contribution in [0.15, 0.2) is 53.7 Å². The Kier molecular flexibility index (Phi) is 7.83. The molecule has 0 unspecified atom stereocenters. The molecular weight excluding hydrogens is 441 g/mol. The van der Waals surface area contributed by atoms with Gasteiger partial charge in [0, 0.05) is 43.5 Å². The lowest BCUT2D eigenvalue weighted by atomic mass is 10.2. The molecule has 1 saturated heterocycles. The van der Waals surface area contributed by atoms with Gasteiger partial charge in [0.2, 0.25) is 5.91 Å². The minimum atomic E-state index is 0. The number of aromatic nitrogens is 1. The van der Waals surface area contributed by atoms with Crippen LogP contribution >= 0.6 is 24.0 Å². The van der Waals surface area contributed by atoms with Crippen molar-refractivity contribution in [1.29, 1.82) is 0 Å². The van der Waals surface area contributed by atoms with E-state index in [0.29, 0.717) is 25.5 Å². The van der Waals surface area contributed by atoms with Crippen LogP contribution in [-0.4, -0.2) is 29.9 Å². The highest BCUT2D eigenvalue weighted by Crippen LogP contribution is 2.21. The van der Waals surface area contributed by atoms with Gasteiger partial charge in [-0.15, -0.1) is 24.0 Å². The zero-order valence-corrected chi connectivity index (χ0v) is 16.9. The summed E-state index contributed by atoms with van der Waals surface area (Å²) in [5, 5.41) is 3.10. The van der Waals surface area contributed by atoms with E-state index in [1.165, 1.54) is 0 Å². The number of rotatable bonds is 6. The van der Waals surface area contributed by atoms with Gasteiger partial charge in [0.25, 0.3) is 0 Å². The summed E-state index contributed by atoms with van der Waals surface area (Å²) in [6, 6.07) is 13.8. The van der Waals surface area contributed by atoms with Gasteiger partial charge in [0.1, 0.15) is 0 Å². The minimum absolute atomic E-state index is 0. The zero-order chi connectivity index (χ0) is 17.5. The minimum Gasteiger partial charge on any atom is -0.370 e. The summed E-state index contributed by atoms with van der Waals surface area (Å²) in [6.07, 6.45) is 4.17. The zero-order valence-electron chi connectivity index (χ0n) is 14.6. The van der Waals surface area contributed by atoms with Crippen molar-refractivity contribution in [2.45, 2.75) is 25.8 Å². The Bertz CT molecular complexity index is 733. The lowest BCUT2D eigenvalue weighted by Crippen LogP contribution is -2.33. The van der Waals surface area contributed by atoms with E-state index in [-0.39, 0.29) is 29.9 Å². The smallest absolute Gasteiger partial charge is 0.227 e. The number of halogens is 1. The maximum atomic E-state index is 11.8. The molecule has 26 heavy (non-hydrogen) atoms. The van der Waals surface area contributed by atoms with E-state index in [1.807, 2.05) is 47.4 Å². The van der Waals surface area contributed by atoms with Gasteiger partial charge in [-0.1, -0.05) is 18.2 Å². The number of pyridine rings is 1. The Morgan fingerprint density at radius 2 is 2.04 bits per heavy atom. The number of amides is 1. The largest absolute Gasteiger partial charge is 0.370 e. The van der Waals surface area contributed by atoms with Gasteiger partial charge >= 0.3 is 0 Å². The summed E-state index contributed by atoms with van der Waals surface area (Å²) in [4.78, 5) is 22.2. The first-order valence-electron chi connectivity index (χ1n) is 8.55. The Morgan fingerprint density at radius 3 is 2.69 bits per heavy atom. The number of hydrogen-bond acceptors (Lipinski definition) is 3. The SMILES string of the molecule is I.NC(=NCc1ccc(N2CCCC2=O)cc1)NCCc1ccccn1. The average Bonchev–Trinajstić information content (AvgIpc) is 3.07. The van der Waals surface area contributed by atoms with Crippen LogP contribution in [-0.2, 0) is 17.8 Å². The summed E-state index contributed by atoms with van der Waals surface area (Å²) < 4.78 is 0. The Balaban J connectivity index is 0.00000243. The van der Waals surface area contributed by atoms with Crippen LogP contribution in [0.25, 0.3) is 0 Å². The topological polar surface area (TPSA) is 83.6 Å². The van der Waals surface area contributed by atoms with E-state index >= 15 is 0 Å². The molecule has 0 aliphatic carbocycles. The number of nitrogens with two attached hydrogens (primary N) is 1. The number of nitrogens with zero attached hydrogens (tertiary/aromatic N) is 3. The normalized spacial score (nSPS) is 14.2. The van der Waals surface area contributed by atoms with E-state index in [9.17, 15) is 4.79 Å². The molecule has 1 aromatic heterocycles. The second-order valence-electron chi connectivity index (χ2n) is 6.01. The number of benzene rings is 1. The van der Waals surface area contributed by atoms with Crippen molar-refractivity contribution in [2.75, 3.05) is 18.0 Å². The van der Waals surface area contributed by atoms with Crippen molar-refractivity contribution < 1.29 is 4.79 Å². The first kappa shape index (κ1) is 20.2. The number of nitrogens with one attached hydrogen (secondary N) is 1. The lowest BCUT2D eigenvalue weighted by Gasteiger charge is -2.15. The van der Waals surface area contributed by atoms with E-state index in [4.69, 9.17) is 5.73 Å². The Labute approximate surface area is 170 Å². The second-order valence-corrected chi connectivity index (χ2v) is 6.01. The standard InChI is InChI=1S/C19H23N5O.HI/c20-19(22-12-10-16-4-1-2-11-21-16)23-14-15-6-8-17(9-7-15)24-13-3-5-18(24)25;/h1-2,4,6-9,11H,3,5,10,12-14H2,(H3,20,22,23);1H. The molecule has 3 N–H and O–H groups in total. The molecular formula is C19H24IN5O. The molecule has 1 fully saturated rings. The fourth-order valence-corrected chi connectivity index (χ4v) is 2.80. The molecule has 7 heteroatoms. The Hall–Kier alpha value is -2.16. The van der Waals surface area contributed by atoms with Crippen molar-refractivity contribution >= 4 is 41.5 Å². The Morgan fingerprint density at radius 1 is 1.23 bits per heavy atom. The number of anilines is 1. The predicted molar refractivity (Wildman–Crippen MR) is 115 cm³/mol. The molecule has 1 amide bonds. The molecule has 0 saturated carbocycles. The van der Waals surface area contributed by atoms with Crippen LogP contribution in [0, 0.1) is 0 Å². The van der Waals surface area contributed by atoms with Gasteiger partial charge < -0.3 is 16.0 Å². The molecule has 138 valence electrons. The van der Waals surface area contributed by atoms with Crippen molar-refractivity contribution in [3.05, 3.63) is 59.9 Å². The molecule has 0 radical (unpaired) electrons. The monoisotopic (exact) mass is 465 g/mol. The third-order valence-corrected chi connectivity index (χ3v) is 4.17. The number of carbonyl (C=O) groups is 1. The summed E-state index contributed by atoms with van der Waals surface area (Å²) >= 11 is 0. The van der Waals surface area contributed by atoms with E-state index in [0.717, 1.165) is 36.3 Å². The van der Waals surface area contributed by atoms with Crippen molar-refractivity contribution in [2.24, 2.45) is 10.7 Å². The molecule has 1 aromatic carbocycles. The number of carbonyl (C=O) groups excluding carboxylic acids is 1. The number of hydrogen-bond donors (Lipinski definition) is 2. The summed E-state index contributed by atoms with van der Waals surface area (Å²) in [6.45, 7) is 2.02.